The first-order valence-corrected chi connectivity index (χ1v) is 42.5. The number of halogens is 2. The van der Waals surface area contributed by atoms with Crippen molar-refractivity contribution in [1.29, 1.82) is 0 Å². The van der Waals surface area contributed by atoms with Crippen LogP contribution < -0.4 is 78.8 Å². The monoisotopic (exact) mass is 1770 g/mol. The molecule has 0 saturated carbocycles. The maximum absolute atomic E-state index is 16.4. The molecule has 0 radical (unpaired) electrons. The van der Waals surface area contributed by atoms with Crippen LogP contribution >= 0.6 is 23.2 Å². The number of amides is 7. The van der Waals surface area contributed by atoms with Crippen LogP contribution in [0.1, 0.15) is 169 Å². The van der Waals surface area contributed by atoms with E-state index in [2.05, 4.69) is 60.1 Å². The van der Waals surface area contributed by atoms with E-state index in [0.717, 1.165) is 68.3 Å². The number of carboxylic acids is 1. The topological polar surface area (TPSA) is 565 Å². The third-order valence-electron chi connectivity index (χ3n) is 22.4. The minimum absolute atomic E-state index is 0.0280. The highest BCUT2D eigenvalue weighted by atomic mass is 35.5. The summed E-state index contributed by atoms with van der Waals surface area (Å²) in [6.07, 6.45) is -5.30. The van der Waals surface area contributed by atoms with Crippen LogP contribution in [0.4, 0.5) is 0 Å². The van der Waals surface area contributed by atoms with Crippen molar-refractivity contribution < 1.29 is 122 Å². The third-order valence-corrected chi connectivity index (χ3v) is 23.0. The summed E-state index contributed by atoms with van der Waals surface area (Å²) in [5, 5.41) is 134. The largest absolute Gasteiger partial charge is 0.507 e. The van der Waals surface area contributed by atoms with E-state index in [0.29, 0.717) is 26.2 Å². The Bertz CT molecular complexity index is 4560. The molecular formula is C85H116Cl2N12O25. The van der Waals surface area contributed by atoms with Gasteiger partial charge in [-0.25, -0.2) is 4.79 Å². The lowest BCUT2D eigenvalue weighted by Crippen LogP contribution is -2.65. The molecule has 23 N–H and O–H groups in total. The van der Waals surface area contributed by atoms with Gasteiger partial charge in [0.2, 0.25) is 47.1 Å². The number of hydrogen-bond donors (Lipinski definition) is 21. The predicted octanol–water partition coefficient (Wildman–Crippen LogP) is 3.23. The number of aliphatic hydroxyl groups excluding tert-OH is 5. The number of fused-ring (bicyclic) bond motifs is 15. The molecule has 7 aliphatic heterocycles. The van der Waals surface area contributed by atoms with Crippen molar-refractivity contribution in [1.82, 2.24) is 53.2 Å². The first-order valence-electron chi connectivity index (χ1n) is 41.8. The normalized spacial score (nSPS) is 25.6. The molecule has 0 aromatic heterocycles. The number of phenolic OH excluding ortho intramolecular Hbond substituents is 3. The molecule has 5 aromatic carbocycles. The SMILES string of the molecule is CCCCCCCCCCNCCN[C@@]1(C)CC(O[C@H]2[C@@H](O)[C@@H](CO)OC[C@@H]2Oc2c3cc4cc2Oc2ccc(cc2Cl)[C@@H](O)[C@@H](NC(=O)[C@@H](CC(C)C)NC)C(=O)N[C@@H](CC(N)=O)C(=O)N[C@H]4C(=O)N[C@H]2C(=O)N[C@H](C(=O)N[C@H](C(=O)O)c4cc(O)c(CNCCOCCOCCN)c(O)c4-c4cc2ccc4O)C(O)c2ccc(c(Cl)c2)O3)O[C@@H](C)[C@H]1O. The number of likely N-dealkylation sites (N-methyl/N-ethyl adjacent to an activating group) is 1. The molecule has 39 heteroatoms. The molecule has 124 heavy (non-hydrogen) atoms. The zero-order valence-electron chi connectivity index (χ0n) is 70.0. The number of primary amides is 1. The first kappa shape index (κ1) is 96.8. The fourth-order valence-electron chi connectivity index (χ4n) is 15.6. The molecule has 11 bridgehead atoms. The zero-order valence-corrected chi connectivity index (χ0v) is 71.5. The summed E-state index contributed by atoms with van der Waals surface area (Å²) >= 11 is 14.4. The predicted molar refractivity (Wildman–Crippen MR) is 450 cm³/mol. The van der Waals surface area contributed by atoms with Gasteiger partial charge in [0, 0.05) is 61.4 Å². The number of carbonyl (C=O) groups excluding carboxylic acids is 7. The van der Waals surface area contributed by atoms with Crippen molar-refractivity contribution in [2.45, 2.75) is 215 Å². The number of aliphatic hydroxyl groups is 5. The lowest BCUT2D eigenvalue weighted by atomic mass is 9.85. The number of aliphatic carboxylic acids is 1. The molecule has 17 atom stereocenters. The molecule has 2 fully saturated rings. The van der Waals surface area contributed by atoms with Crippen LogP contribution in [0.5, 0.6) is 46.0 Å². The second kappa shape index (κ2) is 45.2. The van der Waals surface area contributed by atoms with E-state index < -0.39 is 232 Å². The number of aromatic hydroxyl groups is 3. The van der Waals surface area contributed by atoms with E-state index in [4.69, 9.17) is 72.6 Å². The smallest absolute Gasteiger partial charge is 0.330 e. The van der Waals surface area contributed by atoms with Crippen molar-refractivity contribution >= 4 is 70.5 Å². The Labute approximate surface area is 727 Å². The number of unbranched alkanes of at least 4 members (excludes halogenated alkanes) is 7. The van der Waals surface area contributed by atoms with Crippen molar-refractivity contribution in [2.24, 2.45) is 17.4 Å². The van der Waals surface area contributed by atoms with Crippen LogP contribution in [0.3, 0.4) is 0 Å². The van der Waals surface area contributed by atoms with Gasteiger partial charge < -0.3 is 148 Å². The first-order chi connectivity index (χ1) is 59.3. The van der Waals surface area contributed by atoms with Crippen LogP contribution in [-0.2, 0) is 68.6 Å². The van der Waals surface area contributed by atoms with Gasteiger partial charge in [0.15, 0.2) is 29.9 Å². The summed E-state index contributed by atoms with van der Waals surface area (Å²) in [6.45, 7) is 10.6. The summed E-state index contributed by atoms with van der Waals surface area (Å²) in [5.74, 6) is -15.4. The highest BCUT2D eigenvalue weighted by Crippen LogP contribution is 2.51. The fourth-order valence-corrected chi connectivity index (χ4v) is 16.1. The van der Waals surface area contributed by atoms with Crippen LogP contribution in [0.2, 0.25) is 10.0 Å². The van der Waals surface area contributed by atoms with Crippen molar-refractivity contribution in [3.05, 3.63) is 116 Å². The quantitative estimate of drug-likeness (QED) is 0.0256. The Morgan fingerprint density at radius 1 is 0.685 bits per heavy atom. The second-order valence-corrected chi connectivity index (χ2v) is 32.9. The molecule has 37 nitrogen and oxygen atoms in total. The van der Waals surface area contributed by atoms with Gasteiger partial charge >= 0.3 is 5.97 Å². The number of phenols is 3. The van der Waals surface area contributed by atoms with E-state index in [-0.39, 0.29) is 90.4 Å². The van der Waals surface area contributed by atoms with Gasteiger partial charge in [-0.15, -0.1) is 0 Å². The number of carbonyl (C=O) groups is 8. The van der Waals surface area contributed by atoms with Crippen molar-refractivity contribution in [3.8, 4) is 57.1 Å². The van der Waals surface area contributed by atoms with Gasteiger partial charge in [0.25, 0.3) is 0 Å². The summed E-state index contributed by atoms with van der Waals surface area (Å²) < 4.78 is 50.8. The van der Waals surface area contributed by atoms with Crippen LogP contribution in [0, 0.1) is 5.92 Å². The molecule has 12 rings (SSSR count). The van der Waals surface area contributed by atoms with E-state index in [1.807, 2.05) is 13.8 Å². The average molecular weight is 1780 g/mol. The standard InChI is InChI=1S/C85H116Cl2N12O25/c1-7-8-9-10-11-12-13-14-22-91-23-24-93-85(5)38-64(120-43(4)77(85)108)124-76-62(41-119-61(40-100)74(76)107)123-75-59-34-47-35-60(75)122-58-20-17-46(33-52(58)87)72(105)70-83(114)97-68(84(115)116)49-36-56(102)50(39-92-25-27-118-29-28-117-26-21-88)73(106)65(49)48-31-44(15-18-55(48)101)66(80(111)99-70)96-81(112)67(47)95-79(110)54(37-63(89)103)94-82(113)69(98-78(109)53(90-6)30-42(2)3)71(104)45-16-19-57(121-59)51(86)32-45/h15-20,31-36,42-43,53-54,61-62,64,66-72,74,76-77,90-93,100-102,104-108H,7-14,21-30,37-41,88H2,1-6H3,(H2,89,103)(H,94,113)(H,95,110)(H,96,112)(H,97,114)(H,98,109)(H,99,111)(H,115,116)/t43-,53+,54-,61+,62-,64?,66+,67+,68-,69+,70-,71+,72?,74-,76+,77+,85-/m0/s1. The number of rotatable bonds is 36. The molecular weight excluding hydrogens is 1660 g/mol. The number of nitrogens with one attached hydrogen (secondary N) is 10. The molecule has 7 aliphatic rings. The summed E-state index contributed by atoms with van der Waals surface area (Å²) in [5.41, 5.74) is 7.23. The minimum Gasteiger partial charge on any atom is -0.507 e. The Balaban J connectivity index is 1.14. The Hall–Kier alpha value is -9.36. The molecule has 7 amide bonds. The van der Waals surface area contributed by atoms with Crippen LogP contribution in [-0.4, -0.2) is 245 Å². The van der Waals surface area contributed by atoms with Crippen LogP contribution in [0.15, 0.2) is 72.8 Å². The van der Waals surface area contributed by atoms with Crippen molar-refractivity contribution in [2.75, 3.05) is 79.4 Å². The number of carboxylic acid groups (broad SMARTS) is 1. The summed E-state index contributed by atoms with van der Waals surface area (Å²) in [4.78, 5) is 119. The van der Waals surface area contributed by atoms with Gasteiger partial charge in [-0.2, -0.15) is 0 Å². The highest BCUT2D eigenvalue weighted by molar-refractivity contribution is 6.32. The highest BCUT2D eigenvalue weighted by Gasteiger charge is 2.50. The number of hydrogen-bond acceptors (Lipinski definition) is 29. The Kier molecular flexibility index (Phi) is 35.3. The Morgan fingerprint density at radius 3 is 1.94 bits per heavy atom. The molecule has 0 aliphatic carbocycles. The minimum atomic E-state index is -2.33. The third kappa shape index (κ3) is 24.4. The van der Waals surface area contributed by atoms with E-state index in [1.165, 1.54) is 69.5 Å². The van der Waals surface area contributed by atoms with Crippen LogP contribution in [0.25, 0.3) is 11.1 Å². The fraction of sp³-hybridized carbons (Fsp3) is 0.553. The summed E-state index contributed by atoms with van der Waals surface area (Å²) in [6, 6.07) is -0.810. The molecule has 7 heterocycles. The molecule has 5 aromatic rings. The van der Waals surface area contributed by atoms with Gasteiger partial charge in [0.1, 0.15) is 89.5 Å². The number of ether oxygens (including phenoxy) is 8. The van der Waals surface area contributed by atoms with Crippen molar-refractivity contribution in [3.63, 3.8) is 0 Å². The lowest BCUT2D eigenvalue weighted by molar-refractivity contribution is -0.296. The second-order valence-electron chi connectivity index (χ2n) is 32.1. The van der Waals surface area contributed by atoms with Gasteiger partial charge in [-0.05, 0) is 123 Å². The maximum Gasteiger partial charge on any atom is 0.330 e. The zero-order chi connectivity index (χ0) is 89.8. The van der Waals surface area contributed by atoms with E-state index in [9.17, 15) is 60.3 Å². The maximum atomic E-state index is 16.4. The summed E-state index contributed by atoms with van der Waals surface area (Å²) in [7, 11) is 1.49. The molecule has 2 saturated heterocycles. The van der Waals surface area contributed by atoms with E-state index in [1.54, 1.807) is 13.8 Å². The molecule has 0 spiro atoms. The molecule has 680 valence electrons. The van der Waals surface area contributed by atoms with Gasteiger partial charge in [-0.1, -0.05) is 107 Å². The molecule has 2 unspecified atom stereocenters. The number of benzene rings is 5. The number of nitrogens with two attached hydrogens (primary N) is 2. The van der Waals surface area contributed by atoms with Gasteiger partial charge in [-0.3, -0.25) is 33.6 Å². The average Bonchev–Trinajstić information content (AvgIpc) is 0.754. The van der Waals surface area contributed by atoms with E-state index >= 15 is 24.0 Å². The Morgan fingerprint density at radius 2 is 1.31 bits per heavy atom. The van der Waals surface area contributed by atoms with Gasteiger partial charge in [0.05, 0.1) is 79.9 Å². The lowest BCUT2D eigenvalue weighted by Gasteiger charge is -2.48.